The highest BCUT2D eigenvalue weighted by Gasteiger charge is 2.16. The third kappa shape index (κ3) is 3.52. The molecule has 0 fully saturated rings. The zero-order valence-electron chi connectivity index (χ0n) is 18.1. The molecule has 3 heterocycles. The van der Waals surface area contributed by atoms with Crippen LogP contribution in [0.15, 0.2) is 114 Å². The van der Waals surface area contributed by atoms with E-state index in [9.17, 15) is 0 Å². The van der Waals surface area contributed by atoms with E-state index in [-0.39, 0.29) is 0 Å². The minimum Gasteiger partial charge on any atom is -0.456 e. The number of aryl methyl sites for hydroxylation is 1. The topological polar surface area (TPSA) is 39.1 Å². The standard InChI is InChI=1S/C29H21N2O2/c1-31-17-7-5-9-25(31)21-13-14-22(27(19-21)33-29-11-4-6-16-30-29)20-12-15-24-23-8-2-3-10-26(23)32-28(24)18-20/h2-19H,1H3/q+1. The first-order valence-corrected chi connectivity index (χ1v) is 10.9. The molecule has 0 aliphatic heterocycles. The second kappa shape index (κ2) is 7.92. The second-order valence-corrected chi connectivity index (χ2v) is 7.99. The monoisotopic (exact) mass is 429 g/mol. The highest BCUT2D eigenvalue weighted by molar-refractivity contribution is 6.06. The van der Waals surface area contributed by atoms with Crippen LogP contribution >= 0.6 is 0 Å². The summed E-state index contributed by atoms with van der Waals surface area (Å²) < 4.78 is 14.5. The maximum atomic E-state index is 6.29. The molecule has 158 valence electrons. The quantitative estimate of drug-likeness (QED) is 0.285. The molecule has 0 aliphatic rings. The van der Waals surface area contributed by atoms with Crippen LogP contribution < -0.4 is 9.30 Å². The fraction of sp³-hybridized carbons (Fsp3) is 0.0345. The molecule has 6 aromatic rings. The molecule has 3 aromatic carbocycles. The highest BCUT2D eigenvalue weighted by Crippen LogP contribution is 2.38. The molecule has 4 nitrogen and oxygen atoms in total. The van der Waals surface area contributed by atoms with E-state index in [0.717, 1.165) is 50.1 Å². The smallest absolute Gasteiger partial charge is 0.219 e. The Labute approximate surface area is 191 Å². The average molecular weight is 429 g/mol. The lowest BCUT2D eigenvalue weighted by atomic mass is 9.99. The van der Waals surface area contributed by atoms with Crippen LogP contribution in [0.25, 0.3) is 44.3 Å². The third-order valence-electron chi connectivity index (χ3n) is 5.87. The molecule has 0 aliphatic carbocycles. The SMILES string of the molecule is C[n+]1ccccc1-c1ccc(-c2ccc3c(c2)oc2ccccc23)c(Oc2ccccn2)c1. The molecule has 33 heavy (non-hydrogen) atoms. The molecule has 0 saturated heterocycles. The summed E-state index contributed by atoms with van der Waals surface area (Å²) in [5.41, 5.74) is 5.92. The maximum absolute atomic E-state index is 6.29. The van der Waals surface area contributed by atoms with Gasteiger partial charge in [0.25, 0.3) is 0 Å². The van der Waals surface area contributed by atoms with Crippen molar-refractivity contribution in [2.75, 3.05) is 0 Å². The van der Waals surface area contributed by atoms with Gasteiger partial charge in [0.2, 0.25) is 11.6 Å². The number of fused-ring (bicyclic) bond motifs is 3. The van der Waals surface area contributed by atoms with Crippen molar-refractivity contribution in [2.24, 2.45) is 7.05 Å². The number of para-hydroxylation sites is 1. The molecule has 0 radical (unpaired) electrons. The number of aromatic nitrogens is 2. The Morgan fingerprint density at radius 3 is 2.42 bits per heavy atom. The van der Waals surface area contributed by atoms with Crippen molar-refractivity contribution in [1.82, 2.24) is 4.98 Å². The maximum Gasteiger partial charge on any atom is 0.219 e. The Kier molecular flexibility index (Phi) is 4.62. The molecule has 0 atom stereocenters. The molecule has 0 N–H and O–H groups in total. The fourth-order valence-electron chi connectivity index (χ4n) is 4.24. The summed E-state index contributed by atoms with van der Waals surface area (Å²) >= 11 is 0. The van der Waals surface area contributed by atoms with E-state index < -0.39 is 0 Å². The predicted octanol–water partition coefficient (Wildman–Crippen LogP) is 6.93. The van der Waals surface area contributed by atoms with Crippen molar-refractivity contribution >= 4 is 21.9 Å². The van der Waals surface area contributed by atoms with Gasteiger partial charge in [0.15, 0.2) is 6.20 Å². The minimum atomic E-state index is 0.554. The van der Waals surface area contributed by atoms with Crippen LogP contribution in [0.3, 0.4) is 0 Å². The van der Waals surface area contributed by atoms with E-state index >= 15 is 0 Å². The molecule has 6 rings (SSSR count). The lowest BCUT2D eigenvalue weighted by Crippen LogP contribution is -2.29. The van der Waals surface area contributed by atoms with Gasteiger partial charge in [-0.2, -0.15) is 0 Å². The van der Waals surface area contributed by atoms with E-state index in [0.29, 0.717) is 5.88 Å². The Morgan fingerprint density at radius 1 is 0.727 bits per heavy atom. The number of ether oxygens (including phenoxy) is 1. The lowest BCUT2D eigenvalue weighted by Gasteiger charge is -2.12. The summed E-state index contributed by atoms with van der Waals surface area (Å²) in [5, 5.41) is 2.23. The van der Waals surface area contributed by atoms with Gasteiger partial charge in [0, 0.05) is 46.3 Å². The molecular weight excluding hydrogens is 408 g/mol. The first kappa shape index (κ1) is 19.3. The van der Waals surface area contributed by atoms with Crippen LogP contribution in [0, 0.1) is 0 Å². The Balaban J connectivity index is 1.51. The molecule has 0 spiro atoms. The Hall–Kier alpha value is -4.44. The first-order valence-electron chi connectivity index (χ1n) is 10.9. The van der Waals surface area contributed by atoms with Crippen LogP contribution in [0.5, 0.6) is 11.6 Å². The summed E-state index contributed by atoms with van der Waals surface area (Å²) in [6, 6.07) is 32.5. The first-order chi connectivity index (χ1) is 16.3. The molecular formula is C29H21N2O2+. The number of furan rings is 1. The summed E-state index contributed by atoms with van der Waals surface area (Å²) in [6.45, 7) is 0. The van der Waals surface area contributed by atoms with Crippen LogP contribution in [-0.2, 0) is 7.05 Å². The van der Waals surface area contributed by atoms with E-state index in [1.165, 1.54) is 0 Å². The van der Waals surface area contributed by atoms with E-state index in [1.807, 2.05) is 61.8 Å². The number of hydrogen-bond acceptors (Lipinski definition) is 3. The van der Waals surface area contributed by atoms with Crippen molar-refractivity contribution in [3.05, 3.63) is 109 Å². The van der Waals surface area contributed by atoms with Crippen LogP contribution in [-0.4, -0.2) is 4.98 Å². The summed E-state index contributed by atoms with van der Waals surface area (Å²) in [6.07, 6.45) is 3.77. The zero-order chi connectivity index (χ0) is 22.2. The van der Waals surface area contributed by atoms with Gasteiger partial charge in [0.05, 0.1) is 0 Å². The van der Waals surface area contributed by atoms with Gasteiger partial charge >= 0.3 is 0 Å². The number of benzene rings is 3. The number of pyridine rings is 2. The van der Waals surface area contributed by atoms with Gasteiger partial charge in [-0.15, -0.1) is 0 Å². The van der Waals surface area contributed by atoms with E-state index in [2.05, 4.69) is 58.1 Å². The van der Waals surface area contributed by atoms with Gasteiger partial charge in [-0.05, 0) is 54.1 Å². The Bertz CT molecular complexity index is 1600. The van der Waals surface area contributed by atoms with E-state index in [1.54, 1.807) is 6.20 Å². The third-order valence-corrected chi connectivity index (χ3v) is 5.87. The summed E-state index contributed by atoms with van der Waals surface area (Å²) in [5.74, 6) is 1.30. The number of nitrogens with zero attached hydrogens (tertiary/aromatic N) is 2. The van der Waals surface area contributed by atoms with Gasteiger partial charge in [-0.3, -0.25) is 0 Å². The van der Waals surface area contributed by atoms with Gasteiger partial charge in [-0.1, -0.05) is 30.3 Å². The zero-order valence-corrected chi connectivity index (χ0v) is 18.1. The normalized spacial score (nSPS) is 11.2. The van der Waals surface area contributed by atoms with Gasteiger partial charge in [-0.25, -0.2) is 9.55 Å². The molecule has 0 bridgehead atoms. The molecule has 0 unspecified atom stereocenters. The van der Waals surface area contributed by atoms with E-state index in [4.69, 9.17) is 9.15 Å². The van der Waals surface area contributed by atoms with Crippen LogP contribution in [0.2, 0.25) is 0 Å². The number of rotatable bonds is 4. The Morgan fingerprint density at radius 2 is 1.55 bits per heavy atom. The van der Waals surface area contributed by atoms with Crippen LogP contribution in [0.4, 0.5) is 0 Å². The van der Waals surface area contributed by atoms with Crippen molar-refractivity contribution in [3.63, 3.8) is 0 Å². The average Bonchev–Trinajstić information content (AvgIpc) is 3.23. The van der Waals surface area contributed by atoms with Crippen molar-refractivity contribution in [2.45, 2.75) is 0 Å². The molecule has 4 heteroatoms. The molecule has 0 saturated carbocycles. The highest BCUT2D eigenvalue weighted by atomic mass is 16.5. The van der Waals surface area contributed by atoms with Crippen molar-refractivity contribution in [3.8, 4) is 34.0 Å². The van der Waals surface area contributed by atoms with Crippen molar-refractivity contribution in [1.29, 1.82) is 0 Å². The predicted molar refractivity (Wildman–Crippen MR) is 130 cm³/mol. The van der Waals surface area contributed by atoms with Crippen molar-refractivity contribution < 1.29 is 13.7 Å². The second-order valence-electron chi connectivity index (χ2n) is 7.99. The van der Waals surface area contributed by atoms with Gasteiger partial charge in [0.1, 0.15) is 24.0 Å². The fourth-order valence-corrected chi connectivity index (χ4v) is 4.24. The molecule has 3 aromatic heterocycles. The number of hydrogen-bond donors (Lipinski definition) is 0. The van der Waals surface area contributed by atoms with Gasteiger partial charge < -0.3 is 9.15 Å². The summed E-state index contributed by atoms with van der Waals surface area (Å²) in [7, 11) is 2.04. The lowest BCUT2D eigenvalue weighted by molar-refractivity contribution is -0.660. The van der Waals surface area contributed by atoms with Crippen LogP contribution in [0.1, 0.15) is 0 Å². The summed E-state index contributed by atoms with van der Waals surface area (Å²) in [4.78, 5) is 4.36. The molecule has 0 amide bonds. The minimum absolute atomic E-state index is 0.554. The largest absolute Gasteiger partial charge is 0.456 e.